The van der Waals surface area contributed by atoms with Crippen molar-refractivity contribution < 1.29 is 4.74 Å². The molecule has 3 aromatic rings. The Kier molecular flexibility index (Phi) is 6.51. The van der Waals surface area contributed by atoms with E-state index in [-0.39, 0.29) is 0 Å². The summed E-state index contributed by atoms with van der Waals surface area (Å²) in [6, 6.07) is 20.5. The highest BCUT2D eigenvalue weighted by atomic mass is 32.2. The molecule has 0 fully saturated rings. The van der Waals surface area contributed by atoms with Crippen LogP contribution in [0.1, 0.15) is 56.4 Å². The first-order chi connectivity index (χ1) is 13.0. The predicted molar refractivity (Wildman–Crippen MR) is 113 cm³/mol. The molecule has 4 heteroatoms. The minimum atomic E-state index is 0.313. The van der Waals surface area contributed by atoms with Gasteiger partial charge in [-0.3, -0.25) is 0 Å². The van der Waals surface area contributed by atoms with Gasteiger partial charge in [0, 0.05) is 11.8 Å². The van der Waals surface area contributed by atoms with Crippen LogP contribution in [0.2, 0.25) is 0 Å². The Morgan fingerprint density at radius 3 is 2.33 bits per heavy atom. The Morgan fingerprint density at radius 2 is 1.63 bits per heavy atom. The molecule has 0 saturated heterocycles. The Bertz CT molecular complexity index is 879. The zero-order valence-electron chi connectivity index (χ0n) is 16.3. The largest absolute Gasteiger partial charge is 0.439 e. The van der Waals surface area contributed by atoms with Crippen molar-refractivity contribution in [2.24, 2.45) is 0 Å². The first-order valence-corrected chi connectivity index (χ1v) is 10.3. The molecule has 0 unspecified atom stereocenters. The monoisotopic (exact) mass is 378 g/mol. The van der Waals surface area contributed by atoms with Crippen LogP contribution in [0.4, 0.5) is 0 Å². The fourth-order valence-electron chi connectivity index (χ4n) is 2.61. The van der Waals surface area contributed by atoms with Gasteiger partial charge in [0.15, 0.2) is 5.16 Å². The molecule has 0 saturated carbocycles. The number of aromatic nitrogens is 2. The van der Waals surface area contributed by atoms with Crippen molar-refractivity contribution in [2.45, 2.75) is 50.4 Å². The molecule has 27 heavy (non-hydrogen) atoms. The maximum Gasteiger partial charge on any atom is 0.223 e. The Balaban J connectivity index is 1.82. The SMILES string of the molecule is CC(C)c1cccc(Oc2cc(C(C)C)nc(SCc3ccccc3)n2)c1. The first-order valence-electron chi connectivity index (χ1n) is 9.35. The van der Waals surface area contributed by atoms with E-state index in [1.54, 1.807) is 11.8 Å². The van der Waals surface area contributed by atoms with Crippen LogP contribution < -0.4 is 4.74 Å². The van der Waals surface area contributed by atoms with Gasteiger partial charge in [-0.05, 0) is 35.1 Å². The van der Waals surface area contributed by atoms with Crippen LogP contribution in [0.15, 0.2) is 65.8 Å². The van der Waals surface area contributed by atoms with Crippen molar-refractivity contribution in [1.29, 1.82) is 0 Å². The van der Waals surface area contributed by atoms with E-state index in [2.05, 4.69) is 69.1 Å². The van der Waals surface area contributed by atoms with E-state index in [9.17, 15) is 0 Å². The number of benzene rings is 2. The summed E-state index contributed by atoms with van der Waals surface area (Å²) in [5.41, 5.74) is 3.51. The van der Waals surface area contributed by atoms with Gasteiger partial charge in [0.2, 0.25) is 5.88 Å². The van der Waals surface area contributed by atoms with Crippen molar-refractivity contribution in [3.05, 3.63) is 77.5 Å². The molecule has 140 valence electrons. The average Bonchev–Trinajstić information content (AvgIpc) is 2.67. The normalized spacial score (nSPS) is 11.2. The Morgan fingerprint density at radius 1 is 0.852 bits per heavy atom. The number of nitrogens with zero attached hydrogens (tertiary/aromatic N) is 2. The summed E-state index contributed by atoms with van der Waals surface area (Å²) in [4.78, 5) is 9.34. The molecule has 0 radical (unpaired) electrons. The quantitative estimate of drug-likeness (QED) is 0.334. The first kappa shape index (κ1) is 19.4. The second-order valence-electron chi connectivity index (χ2n) is 7.17. The third kappa shape index (κ3) is 5.57. The zero-order valence-corrected chi connectivity index (χ0v) is 17.2. The maximum atomic E-state index is 6.09. The van der Waals surface area contributed by atoms with E-state index in [0.717, 1.165) is 22.4 Å². The summed E-state index contributed by atoms with van der Waals surface area (Å²) in [5, 5.41) is 0.750. The van der Waals surface area contributed by atoms with E-state index in [0.29, 0.717) is 17.7 Å². The summed E-state index contributed by atoms with van der Waals surface area (Å²) in [6.45, 7) is 8.63. The van der Waals surface area contributed by atoms with Gasteiger partial charge in [-0.2, -0.15) is 4.98 Å². The second kappa shape index (κ2) is 9.05. The molecule has 2 aromatic carbocycles. The van der Waals surface area contributed by atoms with Crippen molar-refractivity contribution in [1.82, 2.24) is 9.97 Å². The van der Waals surface area contributed by atoms with Crippen molar-refractivity contribution in [3.63, 3.8) is 0 Å². The van der Waals surface area contributed by atoms with Crippen LogP contribution in [0.3, 0.4) is 0 Å². The van der Waals surface area contributed by atoms with E-state index < -0.39 is 0 Å². The Labute approximate surface area is 166 Å². The van der Waals surface area contributed by atoms with Crippen LogP contribution in [-0.4, -0.2) is 9.97 Å². The second-order valence-corrected chi connectivity index (χ2v) is 8.11. The highest BCUT2D eigenvalue weighted by molar-refractivity contribution is 7.98. The van der Waals surface area contributed by atoms with Gasteiger partial charge >= 0.3 is 0 Å². The number of thioether (sulfide) groups is 1. The third-order valence-electron chi connectivity index (χ3n) is 4.25. The summed E-state index contributed by atoms with van der Waals surface area (Å²) in [5.74, 6) is 3.03. The van der Waals surface area contributed by atoms with Gasteiger partial charge in [-0.25, -0.2) is 4.98 Å². The van der Waals surface area contributed by atoms with Gasteiger partial charge in [0.25, 0.3) is 0 Å². The molecule has 0 bridgehead atoms. The lowest BCUT2D eigenvalue weighted by atomic mass is 10.0. The smallest absolute Gasteiger partial charge is 0.223 e. The lowest BCUT2D eigenvalue weighted by molar-refractivity contribution is 0.452. The molecule has 0 N–H and O–H groups in total. The van der Waals surface area contributed by atoms with E-state index in [1.165, 1.54) is 11.1 Å². The number of ether oxygens (including phenoxy) is 1. The number of rotatable bonds is 7. The number of hydrogen-bond donors (Lipinski definition) is 0. The molecular weight excluding hydrogens is 352 g/mol. The molecular formula is C23H26N2OS. The lowest BCUT2D eigenvalue weighted by Crippen LogP contribution is -2.00. The fraction of sp³-hybridized carbons (Fsp3) is 0.304. The predicted octanol–water partition coefficient (Wildman–Crippen LogP) is 6.81. The summed E-state index contributed by atoms with van der Waals surface area (Å²) in [7, 11) is 0. The van der Waals surface area contributed by atoms with Crippen LogP contribution in [-0.2, 0) is 5.75 Å². The molecule has 0 aliphatic heterocycles. The van der Waals surface area contributed by atoms with Crippen molar-refractivity contribution in [3.8, 4) is 11.6 Å². The highest BCUT2D eigenvalue weighted by Crippen LogP contribution is 2.29. The van der Waals surface area contributed by atoms with Gasteiger partial charge < -0.3 is 4.74 Å². The topological polar surface area (TPSA) is 35.0 Å². The molecule has 0 amide bonds. The minimum absolute atomic E-state index is 0.313. The third-order valence-corrected chi connectivity index (χ3v) is 5.17. The minimum Gasteiger partial charge on any atom is -0.439 e. The summed E-state index contributed by atoms with van der Waals surface area (Å²) in [6.07, 6.45) is 0. The fourth-order valence-corrected chi connectivity index (χ4v) is 3.43. The molecule has 1 heterocycles. The molecule has 0 spiro atoms. The molecule has 0 atom stereocenters. The van der Waals surface area contributed by atoms with Crippen LogP contribution in [0, 0.1) is 0 Å². The molecule has 0 aliphatic carbocycles. The van der Waals surface area contributed by atoms with Gasteiger partial charge in [0.1, 0.15) is 5.75 Å². The highest BCUT2D eigenvalue weighted by Gasteiger charge is 2.11. The molecule has 3 rings (SSSR count). The summed E-state index contributed by atoms with van der Waals surface area (Å²) >= 11 is 1.64. The van der Waals surface area contributed by atoms with Crippen molar-refractivity contribution >= 4 is 11.8 Å². The van der Waals surface area contributed by atoms with E-state index in [4.69, 9.17) is 9.72 Å². The number of hydrogen-bond acceptors (Lipinski definition) is 4. The lowest BCUT2D eigenvalue weighted by Gasteiger charge is -2.12. The standard InChI is InChI=1S/C23H26N2OS/c1-16(2)19-11-8-12-20(13-19)26-22-14-21(17(3)4)24-23(25-22)27-15-18-9-6-5-7-10-18/h5-14,16-17H,15H2,1-4H3. The van der Waals surface area contributed by atoms with Crippen molar-refractivity contribution in [2.75, 3.05) is 0 Å². The van der Waals surface area contributed by atoms with Gasteiger partial charge in [-0.15, -0.1) is 0 Å². The summed E-state index contributed by atoms with van der Waals surface area (Å²) < 4.78 is 6.09. The molecule has 3 nitrogen and oxygen atoms in total. The van der Waals surface area contributed by atoms with Gasteiger partial charge in [0.05, 0.1) is 5.69 Å². The zero-order chi connectivity index (χ0) is 19.2. The maximum absolute atomic E-state index is 6.09. The van der Waals surface area contributed by atoms with Crippen LogP contribution in [0.5, 0.6) is 11.6 Å². The molecule has 0 aliphatic rings. The average molecular weight is 379 g/mol. The van der Waals surface area contributed by atoms with Crippen LogP contribution >= 0.6 is 11.8 Å². The molecule has 1 aromatic heterocycles. The van der Waals surface area contributed by atoms with Crippen LogP contribution in [0.25, 0.3) is 0 Å². The Hall–Kier alpha value is -2.33. The van der Waals surface area contributed by atoms with E-state index >= 15 is 0 Å². The van der Waals surface area contributed by atoms with Gasteiger partial charge in [-0.1, -0.05) is 81.9 Å². The van der Waals surface area contributed by atoms with E-state index in [1.807, 2.05) is 24.3 Å².